The van der Waals surface area contributed by atoms with Gasteiger partial charge in [-0.25, -0.2) is 4.98 Å². The fourth-order valence-electron chi connectivity index (χ4n) is 4.09. The Balaban J connectivity index is 1.72. The lowest BCUT2D eigenvalue weighted by Crippen LogP contribution is -2.46. The third-order valence-corrected chi connectivity index (χ3v) is 6.48. The number of para-hydroxylation sites is 1. The van der Waals surface area contributed by atoms with Gasteiger partial charge in [-0.15, -0.1) is 0 Å². The second-order valence-corrected chi connectivity index (χ2v) is 9.94. The zero-order valence-electron chi connectivity index (χ0n) is 16.6. The van der Waals surface area contributed by atoms with Crippen LogP contribution < -0.4 is 4.90 Å². The average molecular weight is 406 g/mol. The molecule has 2 aromatic heterocycles. The Morgan fingerprint density at radius 2 is 1.90 bits per heavy atom. The van der Waals surface area contributed by atoms with Crippen LogP contribution in [-0.2, 0) is 14.8 Å². The van der Waals surface area contributed by atoms with Crippen LogP contribution in [0, 0.1) is 0 Å². The van der Waals surface area contributed by atoms with Crippen LogP contribution in [-0.4, -0.2) is 31.4 Å². The summed E-state index contributed by atoms with van der Waals surface area (Å²) in [6, 6.07) is 11.8. The van der Waals surface area contributed by atoms with Crippen molar-refractivity contribution in [1.29, 1.82) is 0 Å². The molecule has 146 valence electrons. The van der Waals surface area contributed by atoms with Crippen LogP contribution in [0.2, 0.25) is 0 Å². The van der Waals surface area contributed by atoms with Gasteiger partial charge in [0.05, 0.1) is 27.7 Å². The monoisotopic (exact) mass is 406 g/mol. The number of nitrogens with zero attached hydrogens (tertiary/aromatic N) is 3. The van der Waals surface area contributed by atoms with Gasteiger partial charge in [-0.2, -0.15) is 5.10 Å². The number of aromatic nitrogens is 4. The Bertz CT molecular complexity index is 1320. The van der Waals surface area contributed by atoms with Crippen LogP contribution in [0.1, 0.15) is 33.3 Å². The van der Waals surface area contributed by atoms with Crippen LogP contribution >= 0.6 is 8.46 Å². The third kappa shape index (κ3) is 2.40. The molecule has 0 bridgehead atoms. The van der Waals surface area contributed by atoms with E-state index in [0.29, 0.717) is 5.82 Å². The average Bonchev–Trinajstić information content (AvgIpc) is 3.34. The molecule has 1 aliphatic heterocycles. The van der Waals surface area contributed by atoms with Gasteiger partial charge in [0, 0.05) is 19.2 Å². The van der Waals surface area contributed by atoms with E-state index >= 15 is 0 Å². The number of H-pyrrole nitrogens is 2. The predicted octanol–water partition coefficient (Wildman–Crippen LogP) is 4.49. The molecular formula is C21H21N5O2P+. The van der Waals surface area contributed by atoms with Crippen LogP contribution in [0.4, 0.5) is 5.69 Å². The van der Waals surface area contributed by atoms with Crippen molar-refractivity contribution < 1.29 is 9.36 Å². The molecule has 5 rings (SSSR count). The molecule has 8 heteroatoms. The highest BCUT2D eigenvalue weighted by Gasteiger charge is 2.52. The van der Waals surface area contributed by atoms with Gasteiger partial charge in [0.15, 0.2) is 5.82 Å². The molecule has 7 nitrogen and oxygen atoms in total. The number of amides is 1. The van der Waals surface area contributed by atoms with Crippen LogP contribution in [0.25, 0.3) is 33.5 Å². The molecule has 1 unspecified atom stereocenters. The summed E-state index contributed by atoms with van der Waals surface area (Å²) < 4.78 is 11.9. The highest BCUT2D eigenvalue weighted by molar-refractivity contribution is 7.26. The molecule has 1 aliphatic rings. The number of hydrogen-bond acceptors (Lipinski definition) is 4. The minimum atomic E-state index is -0.787. The number of hydrogen-bond donors (Lipinski definition) is 2. The van der Waals surface area contributed by atoms with E-state index < -0.39 is 19.2 Å². The van der Waals surface area contributed by atoms with Crippen molar-refractivity contribution in [2.75, 3.05) is 4.90 Å². The summed E-state index contributed by atoms with van der Waals surface area (Å²) in [7, 11) is -0.642. The number of rotatable bonds is 3. The Kier molecular flexibility index (Phi) is 3.56. The van der Waals surface area contributed by atoms with Gasteiger partial charge in [0.1, 0.15) is 5.69 Å². The molecule has 1 atom stereocenters. The molecule has 1 amide bonds. The SMILES string of the molecule is CC1(C)C(=O)N(C(C)(C)[PH+]=O)c2cc3nc(-c4n[nH]c5ccccc45)[nH]c3cc21. The van der Waals surface area contributed by atoms with E-state index in [-0.39, 0.29) is 5.91 Å². The fourth-order valence-corrected chi connectivity index (χ4v) is 4.41. The Morgan fingerprint density at radius 3 is 2.66 bits per heavy atom. The van der Waals surface area contributed by atoms with Crippen LogP contribution in [0.5, 0.6) is 0 Å². The van der Waals surface area contributed by atoms with Gasteiger partial charge in [-0.05, 0) is 37.6 Å². The molecule has 0 aliphatic carbocycles. The lowest BCUT2D eigenvalue weighted by atomic mass is 9.86. The summed E-state index contributed by atoms with van der Waals surface area (Å²) in [6.45, 7) is 7.44. The number of anilines is 1. The van der Waals surface area contributed by atoms with E-state index in [1.165, 1.54) is 0 Å². The molecule has 0 radical (unpaired) electrons. The normalized spacial score (nSPS) is 16.3. The van der Waals surface area contributed by atoms with E-state index in [0.717, 1.165) is 38.9 Å². The third-order valence-electron chi connectivity index (χ3n) is 5.75. The van der Waals surface area contributed by atoms with Crippen molar-refractivity contribution in [2.24, 2.45) is 0 Å². The number of nitrogens with one attached hydrogen (secondary N) is 2. The van der Waals surface area contributed by atoms with Gasteiger partial charge < -0.3 is 4.98 Å². The quantitative estimate of drug-likeness (QED) is 0.490. The molecule has 2 aromatic carbocycles. The second kappa shape index (κ2) is 5.74. The molecule has 0 spiro atoms. The fraction of sp³-hybridized carbons (Fsp3) is 0.286. The number of imidazole rings is 1. The largest absolute Gasteiger partial charge is 0.352 e. The number of aromatic amines is 2. The first-order valence-corrected chi connectivity index (χ1v) is 10.4. The summed E-state index contributed by atoms with van der Waals surface area (Å²) in [5.74, 6) is 0.619. The molecule has 0 fully saturated rings. The standard InChI is InChI=1S/C21H20N5O2P/c1-20(2)12-9-14-15(10-16(12)26(19(20)27)21(3,4)29-28)23-18(22-14)17-11-7-5-6-8-13(11)24-25-17/h5-10H,1-4H3,(H,22,23)(H,24,25)/p+1. The highest BCUT2D eigenvalue weighted by atomic mass is 31.1. The van der Waals surface area contributed by atoms with Crippen molar-refractivity contribution >= 4 is 42.0 Å². The van der Waals surface area contributed by atoms with Gasteiger partial charge in [-0.3, -0.25) is 14.8 Å². The van der Waals surface area contributed by atoms with E-state index in [1.807, 2.05) is 64.1 Å². The first-order chi connectivity index (χ1) is 13.7. The van der Waals surface area contributed by atoms with Crippen LogP contribution in [0.3, 0.4) is 0 Å². The number of benzene rings is 2. The predicted molar refractivity (Wildman–Crippen MR) is 115 cm³/mol. The Morgan fingerprint density at radius 1 is 1.14 bits per heavy atom. The van der Waals surface area contributed by atoms with E-state index in [2.05, 4.69) is 15.2 Å². The number of fused-ring (bicyclic) bond motifs is 3. The zero-order valence-corrected chi connectivity index (χ0v) is 17.6. The molecule has 29 heavy (non-hydrogen) atoms. The van der Waals surface area contributed by atoms with Crippen molar-refractivity contribution in [3.63, 3.8) is 0 Å². The molecule has 2 N–H and O–H groups in total. The number of carbonyl (C=O) groups is 1. The molecule has 3 heterocycles. The lowest BCUT2D eigenvalue weighted by Gasteiger charge is -2.26. The minimum Gasteiger partial charge on any atom is -0.337 e. The van der Waals surface area contributed by atoms with Crippen molar-refractivity contribution in [1.82, 2.24) is 20.2 Å². The van der Waals surface area contributed by atoms with E-state index in [9.17, 15) is 9.36 Å². The van der Waals surface area contributed by atoms with E-state index in [1.54, 1.807) is 4.90 Å². The summed E-state index contributed by atoms with van der Waals surface area (Å²) >= 11 is 0. The first-order valence-electron chi connectivity index (χ1n) is 9.46. The second-order valence-electron chi connectivity index (χ2n) is 8.52. The summed E-state index contributed by atoms with van der Waals surface area (Å²) in [4.78, 5) is 22.9. The minimum absolute atomic E-state index is 0.0491. The smallest absolute Gasteiger partial charge is 0.337 e. The van der Waals surface area contributed by atoms with Gasteiger partial charge in [-0.1, -0.05) is 22.8 Å². The first kappa shape index (κ1) is 18.0. The maximum atomic E-state index is 13.1. The molecular weight excluding hydrogens is 385 g/mol. The number of carbonyl (C=O) groups excluding carboxylic acids is 1. The van der Waals surface area contributed by atoms with Gasteiger partial charge >= 0.3 is 8.46 Å². The topological polar surface area (TPSA) is 94.7 Å². The van der Waals surface area contributed by atoms with E-state index in [4.69, 9.17) is 4.98 Å². The maximum Gasteiger partial charge on any atom is 0.352 e. The highest BCUT2D eigenvalue weighted by Crippen LogP contribution is 2.48. The lowest BCUT2D eigenvalue weighted by molar-refractivity contribution is -0.122. The van der Waals surface area contributed by atoms with Gasteiger partial charge in [0.25, 0.3) is 0 Å². The Hall–Kier alpha value is -3.05. The zero-order chi connectivity index (χ0) is 20.6. The summed E-state index contributed by atoms with van der Waals surface area (Å²) in [5, 5.41) is 7.66. The summed E-state index contributed by atoms with van der Waals surface area (Å²) in [6.07, 6.45) is 0. The maximum absolute atomic E-state index is 13.1. The Labute approximate surface area is 168 Å². The molecule has 0 saturated carbocycles. The van der Waals surface area contributed by atoms with Crippen molar-refractivity contribution in [3.8, 4) is 11.5 Å². The van der Waals surface area contributed by atoms with Crippen LogP contribution in [0.15, 0.2) is 36.4 Å². The van der Waals surface area contributed by atoms with Gasteiger partial charge in [0.2, 0.25) is 11.2 Å². The summed E-state index contributed by atoms with van der Waals surface area (Å²) in [5.41, 5.74) is 4.26. The van der Waals surface area contributed by atoms with Crippen molar-refractivity contribution in [2.45, 2.75) is 38.4 Å². The molecule has 0 saturated heterocycles. The molecule has 4 aromatic rings. The van der Waals surface area contributed by atoms with Crippen molar-refractivity contribution in [3.05, 3.63) is 42.0 Å².